The van der Waals surface area contributed by atoms with Crippen molar-refractivity contribution in [2.75, 3.05) is 38.2 Å². The van der Waals surface area contributed by atoms with E-state index < -0.39 is 0 Å². The molecular formula is C23H29N3O2S. The van der Waals surface area contributed by atoms with Crippen LogP contribution in [0.15, 0.2) is 30.3 Å². The molecule has 6 heteroatoms. The number of piperazine rings is 1. The first-order chi connectivity index (χ1) is 14.2. The van der Waals surface area contributed by atoms with Crippen molar-refractivity contribution in [2.24, 2.45) is 0 Å². The van der Waals surface area contributed by atoms with Crippen LogP contribution in [0.5, 0.6) is 5.75 Å². The first-order valence-corrected chi connectivity index (χ1v) is 11.6. The number of rotatable bonds is 4. The van der Waals surface area contributed by atoms with E-state index in [2.05, 4.69) is 28.0 Å². The summed E-state index contributed by atoms with van der Waals surface area (Å²) >= 11 is 1.73. The van der Waals surface area contributed by atoms with Crippen molar-refractivity contribution >= 4 is 22.9 Å². The molecule has 0 radical (unpaired) electrons. The standard InChI is InChI=1S/C23H29N3O2S/c1-28-20-8-6-19(7-9-20)24-10-12-25(13-11-24)23(27)21-14-17-15-26(16-22(17)29-21)18-4-2-3-5-18/h6-9,14,18H,2-5,10-13,15-16H2,1H3. The first-order valence-electron chi connectivity index (χ1n) is 10.7. The SMILES string of the molecule is COc1ccc(N2CCN(C(=O)c3cc4c(s3)CN(C3CCCC3)C4)CC2)cc1. The molecule has 1 amide bonds. The number of ether oxygens (including phenoxy) is 1. The molecule has 1 saturated carbocycles. The Bertz CT molecular complexity index is 841. The van der Waals surface area contributed by atoms with Crippen LogP contribution in [-0.4, -0.2) is 55.0 Å². The Morgan fingerprint density at radius 2 is 1.76 bits per heavy atom. The van der Waals surface area contributed by atoms with E-state index in [1.165, 1.54) is 41.8 Å². The highest BCUT2D eigenvalue weighted by molar-refractivity contribution is 7.14. The molecule has 1 aromatic heterocycles. The second kappa shape index (κ2) is 8.00. The summed E-state index contributed by atoms with van der Waals surface area (Å²) in [7, 11) is 1.69. The molecule has 3 aliphatic rings. The van der Waals surface area contributed by atoms with Gasteiger partial charge in [-0.05, 0) is 48.7 Å². The van der Waals surface area contributed by atoms with E-state index in [4.69, 9.17) is 4.74 Å². The molecule has 0 spiro atoms. The fourth-order valence-corrected chi connectivity index (χ4v) is 6.11. The Kier molecular flexibility index (Phi) is 5.22. The predicted molar refractivity (Wildman–Crippen MR) is 117 cm³/mol. The van der Waals surface area contributed by atoms with Crippen LogP contribution in [0.3, 0.4) is 0 Å². The summed E-state index contributed by atoms with van der Waals surface area (Å²) in [5.74, 6) is 1.09. The summed E-state index contributed by atoms with van der Waals surface area (Å²) in [6.45, 7) is 5.39. The van der Waals surface area contributed by atoms with Gasteiger partial charge >= 0.3 is 0 Å². The van der Waals surface area contributed by atoms with Gasteiger partial charge in [-0.3, -0.25) is 9.69 Å². The number of hydrogen-bond acceptors (Lipinski definition) is 5. The third-order valence-electron chi connectivity index (χ3n) is 6.67. The molecule has 3 heterocycles. The van der Waals surface area contributed by atoms with E-state index in [0.29, 0.717) is 0 Å². The molecule has 1 aromatic carbocycles. The lowest BCUT2D eigenvalue weighted by atomic mass is 10.2. The second-order valence-corrected chi connectivity index (χ2v) is 9.52. The van der Waals surface area contributed by atoms with Gasteiger partial charge < -0.3 is 14.5 Å². The molecule has 2 aliphatic heterocycles. The molecule has 0 bridgehead atoms. The fourth-order valence-electron chi connectivity index (χ4n) is 4.94. The number of hydrogen-bond donors (Lipinski definition) is 0. The predicted octanol–water partition coefficient (Wildman–Crippen LogP) is 3.98. The highest BCUT2D eigenvalue weighted by Crippen LogP contribution is 2.36. The van der Waals surface area contributed by atoms with Gasteiger partial charge in [-0.1, -0.05) is 12.8 Å². The topological polar surface area (TPSA) is 36.0 Å². The zero-order valence-electron chi connectivity index (χ0n) is 17.1. The number of benzene rings is 1. The van der Waals surface area contributed by atoms with Gasteiger partial charge in [0.2, 0.25) is 0 Å². The zero-order chi connectivity index (χ0) is 19.8. The summed E-state index contributed by atoms with van der Waals surface area (Å²) in [6, 6.07) is 11.1. The van der Waals surface area contributed by atoms with Crippen molar-refractivity contribution in [2.45, 2.75) is 44.8 Å². The lowest BCUT2D eigenvalue weighted by Crippen LogP contribution is -2.48. The molecule has 0 atom stereocenters. The molecular weight excluding hydrogens is 382 g/mol. The summed E-state index contributed by atoms with van der Waals surface area (Å²) in [6.07, 6.45) is 5.44. The van der Waals surface area contributed by atoms with Crippen LogP contribution in [0, 0.1) is 0 Å². The second-order valence-electron chi connectivity index (χ2n) is 8.38. The number of nitrogens with zero attached hydrogens (tertiary/aromatic N) is 3. The lowest BCUT2D eigenvalue weighted by molar-refractivity contribution is 0.0751. The van der Waals surface area contributed by atoms with Crippen LogP contribution in [0.4, 0.5) is 5.69 Å². The first kappa shape index (κ1) is 18.9. The minimum Gasteiger partial charge on any atom is -0.497 e. The van der Waals surface area contributed by atoms with Gasteiger partial charge in [0.1, 0.15) is 5.75 Å². The highest BCUT2D eigenvalue weighted by Gasteiger charge is 2.31. The average Bonchev–Trinajstić information content (AvgIpc) is 3.49. The number of methoxy groups -OCH3 is 1. The Labute approximate surface area is 176 Å². The van der Waals surface area contributed by atoms with Gasteiger partial charge in [0.15, 0.2) is 0 Å². The van der Waals surface area contributed by atoms with Gasteiger partial charge in [0.05, 0.1) is 12.0 Å². The van der Waals surface area contributed by atoms with E-state index >= 15 is 0 Å². The lowest BCUT2D eigenvalue weighted by Gasteiger charge is -2.36. The average molecular weight is 412 g/mol. The number of carbonyl (C=O) groups is 1. The number of fused-ring (bicyclic) bond motifs is 1. The maximum absolute atomic E-state index is 13.1. The molecule has 1 aliphatic carbocycles. The third kappa shape index (κ3) is 3.76. The van der Waals surface area contributed by atoms with E-state index in [9.17, 15) is 4.79 Å². The Morgan fingerprint density at radius 3 is 2.41 bits per heavy atom. The van der Waals surface area contributed by atoms with Crippen molar-refractivity contribution in [3.05, 3.63) is 45.6 Å². The molecule has 0 N–H and O–H groups in total. The number of carbonyl (C=O) groups excluding carboxylic acids is 1. The van der Waals surface area contributed by atoms with Crippen LogP contribution in [0.1, 0.15) is 45.8 Å². The van der Waals surface area contributed by atoms with Crippen molar-refractivity contribution in [1.82, 2.24) is 9.80 Å². The molecule has 2 fully saturated rings. The van der Waals surface area contributed by atoms with E-state index in [1.54, 1.807) is 18.4 Å². The summed E-state index contributed by atoms with van der Waals surface area (Å²) in [5.41, 5.74) is 2.59. The summed E-state index contributed by atoms with van der Waals surface area (Å²) in [4.78, 5) is 22.4. The zero-order valence-corrected chi connectivity index (χ0v) is 17.9. The van der Waals surface area contributed by atoms with Gasteiger partial charge in [-0.2, -0.15) is 0 Å². The molecule has 5 nitrogen and oxygen atoms in total. The van der Waals surface area contributed by atoms with Crippen molar-refractivity contribution < 1.29 is 9.53 Å². The van der Waals surface area contributed by atoms with Crippen LogP contribution in [0.2, 0.25) is 0 Å². The number of anilines is 1. The molecule has 29 heavy (non-hydrogen) atoms. The number of thiophene rings is 1. The van der Waals surface area contributed by atoms with Crippen LogP contribution >= 0.6 is 11.3 Å². The molecule has 154 valence electrons. The molecule has 0 unspecified atom stereocenters. The smallest absolute Gasteiger partial charge is 0.264 e. The minimum atomic E-state index is 0.214. The molecule has 5 rings (SSSR count). The van der Waals surface area contributed by atoms with Crippen molar-refractivity contribution in [1.29, 1.82) is 0 Å². The van der Waals surface area contributed by atoms with Crippen molar-refractivity contribution in [3.8, 4) is 5.75 Å². The summed E-state index contributed by atoms with van der Waals surface area (Å²) in [5, 5.41) is 0. The van der Waals surface area contributed by atoms with Crippen LogP contribution in [0.25, 0.3) is 0 Å². The van der Waals surface area contributed by atoms with Gasteiger partial charge in [0.25, 0.3) is 5.91 Å². The maximum Gasteiger partial charge on any atom is 0.264 e. The molecule has 2 aromatic rings. The molecule has 1 saturated heterocycles. The van der Waals surface area contributed by atoms with E-state index in [0.717, 1.165) is 55.9 Å². The maximum atomic E-state index is 13.1. The highest BCUT2D eigenvalue weighted by atomic mass is 32.1. The Hall–Kier alpha value is -2.05. The van der Waals surface area contributed by atoms with Gasteiger partial charge in [0, 0.05) is 55.9 Å². The van der Waals surface area contributed by atoms with Gasteiger partial charge in [-0.25, -0.2) is 0 Å². The van der Waals surface area contributed by atoms with Crippen LogP contribution < -0.4 is 9.64 Å². The fraction of sp³-hybridized carbons (Fsp3) is 0.522. The largest absolute Gasteiger partial charge is 0.497 e. The van der Waals surface area contributed by atoms with Gasteiger partial charge in [-0.15, -0.1) is 11.3 Å². The van der Waals surface area contributed by atoms with E-state index in [1.807, 2.05) is 17.0 Å². The third-order valence-corrected chi connectivity index (χ3v) is 7.82. The Morgan fingerprint density at radius 1 is 1.03 bits per heavy atom. The minimum absolute atomic E-state index is 0.214. The van der Waals surface area contributed by atoms with Crippen molar-refractivity contribution in [3.63, 3.8) is 0 Å². The quantitative estimate of drug-likeness (QED) is 0.763. The Balaban J connectivity index is 1.18. The van der Waals surface area contributed by atoms with E-state index in [-0.39, 0.29) is 5.91 Å². The monoisotopic (exact) mass is 411 g/mol. The summed E-state index contributed by atoms with van der Waals surface area (Å²) < 4.78 is 5.24. The van der Waals surface area contributed by atoms with Crippen LogP contribution in [-0.2, 0) is 13.1 Å². The normalized spacial score (nSPS) is 20.3. The number of amides is 1.